The summed E-state index contributed by atoms with van der Waals surface area (Å²) in [7, 11) is 1.57. The number of ether oxygens (including phenoxy) is 2. The van der Waals surface area contributed by atoms with Crippen molar-refractivity contribution in [1.29, 1.82) is 0 Å². The van der Waals surface area contributed by atoms with Crippen LogP contribution in [0, 0.1) is 0 Å². The molecule has 0 fully saturated rings. The molecule has 4 rings (SSSR count). The molecule has 8 heteroatoms. The fourth-order valence-corrected chi connectivity index (χ4v) is 4.70. The molecule has 4 nitrogen and oxygen atoms in total. The number of β-amino-alcohol motifs (C(OH)–C–C–N with tert-alkyl or cyclic N) is 1. The van der Waals surface area contributed by atoms with Crippen LogP contribution in [0.1, 0.15) is 16.7 Å². The highest BCUT2D eigenvalue weighted by molar-refractivity contribution is 5.67. The van der Waals surface area contributed by atoms with Crippen molar-refractivity contribution in [3.05, 3.63) is 89.5 Å². The van der Waals surface area contributed by atoms with Gasteiger partial charge in [-0.05, 0) is 53.4 Å². The van der Waals surface area contributed by atoms with E-state index in [1.165, 1.54) is 18.2 Å². The van der Waals surface area contributed by atoms with Gasteiger partial charge >= 0.3 is 6.36 Å². The summed E-state index contributed by atoms with van der Waals surface area (Å²) in [5, 5.41) is 10.0. The molecule has 0 radical (unpaired) electrons. The molecule has 34 heavy (non-hydrogen) atoms. The maximum absolute atomic E-state index is 13.1. The second kappa shape index (κ2) is 9.54. The number of aliphatic hydroxyl groups excluding tert-OH is 1. The third-order valence-corrected chi connectivity index (χ3v) is 6.12. The fourth-order valence-electron chi connectivity index (χ4n) is 4.70. The molecule has 0 saturated carbocycles. The van der Waals surface area contributed by atoms with Crippen LogP contribution in [0.15, 0.2) is 72.8 Å². The minimum absolute atomic E-state index is 0.0661. The number of anilines is 1. The lowest BCUT2D eigenvalue weighted by atomic mass is 9.71. The van der Waals surface area contributed by atoms with Gasteiger partial charge < -0.3 is 19.5 Å². The smallest absolute Gasteiger partial charge is 0.497 e. The van der Waals surface area contributed by atoms with Crippen molar-refractivity contribution in [2.24, 2.45) is 0 Å². The molecule has 1 unspecified atom stereocenters. The van der Waals surface area contributed by atoms with Crippen LogP contribution in [-0.2, 0) is 11.8 Å². The zero-order valence-electron chi connectivity index (χ0n) is 18.6. The van der Waals surface area contributed by atoms with E-state index in [0.29, 0.717) is 24.3 Å². The van der Waals surface area contributed by atoms with Crippen molar-refractivity contribution < 1.29 is 32.1 Å². The van der Waals surface area contributed by atoms with Crippen molar-refractivity contribution in [3.8, 4) is 11.5 Å². The molecule has 2 atom stereocenters. The van der Waals surface area contributed by atoms with Crippen molar-refractivity contribution in [2.45, 2.75) is 24.3 Å². The lowest BCUT2D eigenvalue weighted by Gasteiger charge is -2.32. The van der Waals surface area contributed by atoms with E-state index in [1.807, 2.05) is 53.4 Å². The monoisotopic (exact) mass is 475 g/mol. The first-order chi connectivity index (χ1) is 16.2. The van der Waals surface area contributed by atoms with Crippen molar-refractivity contribution in [3.63, 3.8) is 0 Å². The van der Waals surface area contributed by atoms with Crippen LogP contribution in [0.4, 0.5) is 23.2 Å². The number of halogens is 4. The minimum Gasteiger partial charge on any atom is -0.497 e. The lowest BCUT2D eigenvalue weighted by molar-refractivity contribution is -0.274. The second-order valence-electron chi connectivity index (χ2n) is 8.39. The quantitative estimate of drug-likeness (QED) is 0.451. The highest BCUT2D eigenvalue weighted by Crippen LogP contribution is 2.48. The van der Waals surface area contributed by atoms with Gasteiger partial charge in [0.25, 0.3) is 0 Å². The topological polar surface area (TPSA) is 41.9 Å². The molecule has 1 aliphatic heterocycles. The average Bonchev–Trinajstić information content (AvgIpc) is 3.13. The van der Waals surface area contributed by atoms with E-state index in [-0.39, 0.29) is 12.3 Å². The van der Waals surface area contributed by atoms with E-state index in [9.17, 15) is 22.7 Å². The first-order valence-corrected chi connectivity index (χ1v) is 10.8. The summed E-state index contributed by atoms with van der Waals surface area (Å²) in [6, 6.07) is 21.0. The van der Waals surface area contributed by atoms with Gasteiger partial charge in [0.2, 0.25) is 0 Å². The Morgan fingerprint density at radius 1 is 1.00 bits per heavy atom. The van der Waals surface area contributed by atoms with Crippen LogP contribution in [-0.4, -0.2) is 44.4 Å². The molecule has 180 valence electrons. The van der Waals surface area contributed by atoms with Gasteiger partial charge in [0, 0.05) is 24.2 Å². The molecule has 1 N–H and O–H groups in total. The molecule has 0 aliphatic carbocycles. The summed E-state index contributed by atoms with van der Waals surface area (Å²) in [6.45, 7) is -0.472. The molecule has 0 saturated heterocycles. The molecular weight excluding hydrogens is 450 g/mol. The Morgan fingerprint density at radius 3 is 2.41 bits per heavy atom. The molecule has 0 amide bonds. The van der Waals surface area contributed by atoms with Crippen LogP contribution in [0.3, 0.4) is 0 Å². The molecule has 0 spiro atoms. The number of rotatable bonds is 8. The van der Waals surface area contributed by atoms with Gasteiger partial charge in [0.05, 0.1) is 13.2 Å². The third kappa shape index (κ3) is 4.97. The van der Waals surface area contributed by atoms with Crippen LogP contribution in [0.2, 0.25) is 0 Å². The molecular formula is C26H25F4NO3. The number of fused-ring (bicyclic) bond motifs is 1. The first-order valence-electron chi connectivity index (χ1n) is 10.8. The van der Waals surface area contributed by atoms with Gasteiger partial charge in [0.15, 0.2) is 0 Å². The third-order valence-electron chi connectivity index (χ3n) is 6.12. The Labute approximate surface area is 195 Å². The zero-order valence-corrected chi connectivity index (χ0v) is 18.6. The Bertz CT molecular complexity index is 1120. The highest BCUT2D eigenvalue weighted by Gasteiger charge is 2.45. The molecule has 3 aromatic rings. The zero-order chi connectivity index (χ0) is 24.3. The minimum atomic E-state index is -4.81. The average molecular weight is 475 g/mol. The number of aliphatic hydroxyl groups is 1. The predicted octanol–water partition coefficient (Wildman–Crippen LogP) is 5.27. The number of alkyl halides is 4. The Hall–Kier alpha value is -3.26. The van der Waals surface area contributed by atoms with Crippen LogP contribution < -0.4 is 14.4 Å². The first kappa shape index (κ1) is 23.9. The SMILES string of the molecule is COc1ccc(CC2(c3cccc(OC(F)(F)F)c3)CN(C[C@@H](O)CF)c3ccccc32)cc1. The van der Waals surface area contributed by atoms with E-state index in [1.54, 1.807) is 13.2 Å². The molecule has 1 heterocycles. The molecule has 0 aromatic heterocycles. The van der Waals surface area contributed by atoms with E-state index in [0.717, 1.165) is 16.8 Å². The van der Waals surface area contributed by atoms with Gasteiger partial charge in [-0.2, -0.15) is 0 Å². The Morgan fingerprint density at radius 2 is 1.74 bits per heavy atom. The van der Waals surface area contributed by atoms with Crippen LogP contribution in [0.5, 0.6) is 11.5 Å². The summed E-state index contributed by atoms with van der Waals surface area (Å²) in [6.07, 6.45) is -5.53. The number of nitrogens with zero attached hydrogens (tertiary/aromatic N) is 1. The summed E-state index contributed by atoms with van der Waals surface area (Å²) in [4.78, 5) is 1.89. The highest BCUT2D eigenvalue weighted by atomic mass is 19.4. The molecule has 1 aliphatic rings. The van der Waals surface area contributed by atoms with Crippen LogP contribution >= 0.6 is 0 Å². The molecule has 3 aromatic carbocycles. The number of hydrogen-bond donors (Lipinski definition) is 1. The van der Waals surface area contributed by atoms with Gasteiger partial charge in [-0.3, -0.25) is 0 Å². The maximum Gasteiger partial charge on any atom is 0.573 e. The van der Waals surface area contributed by atoms with Crippen LogP contribution in [0.25, 0.3) is 0 Å². The van der Waals surface area contributed by atoms with Gasteiger partial charge in [-0.1, -0.05) is 42.5 Å². The number of benzene rings is 3. The van der Waals surface area contributed by atoms with Crippen molar-refractivity contribution in [1.82, 2.24) is 0 Å². The van der Waals surface area contributed by atoms with E-state index in [4.69, 9.17) is 4.74 Å². The number of hydrogen-bond acceptors (Lipinski definition) is 4. The normalized spacial score (nSPS) is 18.5. The lowest BCUT2D eigenvalue weighted by Crippen LogP contribution is -2.40. The number of methoxy groups -OCH3 is 1. The van der Waals surface area contributed by atoms with Crippen molar-refractivity contribution >= 4 is 5.69 Å². The van der Waals surface area contributed by atoms with E-state index in [2.05, 4.69) is 4.74 Å². The summed E-state index contributed by atoms with van der Waals surface area (Å²) in [5.41, 5.74) is 2.53. The maximum atomic E-state index is 13.1. The Kier molecular flexibility index (Phi) is 6.70. The predicted molar refractivity (Wildman–Crippen MR) is 121 cm³/mol. The molecule has 0 bridgehead atoms. The standard InChI is InChI=1S/C26H25F4NO3/c1-33-21-11-9-18(10-12-21)14-25(19-5-4-6-22(13-19)34-26(28,29)30)17-31(16-20(32)15-27)24-8-3-2-7-23(24)25/h2-13,20,32H,14-17H2,1H3/t20-,25?/m0/s1. The summed E-state index contributed by atoms with van der Waals surface area (Å²) < 4.78 is 61.4. The van der Waals surface area contributed by atoms with Gasteiger partial charge in [-0.15, -0.1) is 13.2 Å². The summed E-state index contributed by atoms with van der Waals surface area (Å²) in [5.74, 6) is 0.386. The fraction of sp³-hybridized carbons (Fsp3) is 0.308. The largest absolute Gasteiger partial charge is 0.573 e. The van der Waals surface area contributed by atoms with Crippen molar-refractivity contribution in [2.75, 3.05) is 31.8 Å². The van der Waals surface area contributed by atoms with E-state index >= 15 is 0 Å². The van der Waals surface area contributed by atoms with E-state index < -0.39 is 24.6 Å². The van der Waals surface area contributed by atoms with Gasteiger partial charge in [0.1, 0.15) is 18.2 Å². The second-order valence-corrected chi connectivity index (χ2v) is 8.39. The number of para-hydroxylation sites is 1. The summed E-state index contributed by atoms with van der Waals surface area (Å²) >= 11 is 0. The Balaban J connectivity index is 1.83. The van der Waals surface area contributed by atoms with Gasteiger partial charge in [-0.25, -0.2) is 4.39 Å².